The van der Waals surface area contributed by atoms with E-state index in [9.17, 15) is 33.4 Å². The fourth-order valence-corrected chi connectivity index (χ4v) is 7.31. The summed E-state index contributed by atoms with van der Waals surface area (Å²) in [5.41, 5.74) is 0. The SMILES string of the molecule is C.C.CCCCCN(C)CCC(O)(P(=O)(O)O)P(=O)(O)O.CCCCCN(C)CCC(O)(P(=O)([O-])O)P(=O)(O)O.O.[Na+]. The predicted molar refractivity (Wildman–Crippen MR) is 156 cm³/mol. The van der Waals surface area contributed by atoms with Gasteiger partial charge in [0.25, 0.3) is 5.08 Å². The van der Waals surface area contributed by atoms with Crippen LogP contribution in [-0.2, 0) is 18.3 Å². The first-order chi connectivity index (χ1) is 16.9. The third-order valence-corrected chi connectivity index (χ3v) is 13.5. The van der Waals surface area contributed by atoms with Crippen LogP contribution in [0.3, 0.4) is 0 Å². The van der Waals surface area contributed by atoms with Crippen LogP contribution >= 0.6 is 30.4 Å². The van der Waals surface area contributed by atoms with Crippen molar-refractivity contribution in [2.45, 2.75) is 90.2 Å². The molecule has 0 aromatic rings. The number of aliphatic hydroxyl groups is 2. The minimum absolute atomic E-state index is 0. The Morgan fingerprint density at radius 1 is 0.595 bits per heavy atom. The van der Waals surface area contributed by atoms with Gasteiger partial charge < -0.3 is 69.2 Å². The maximum absolute atomic E-state index is 11.1. The number of nitrogens with zero attached hydrogens (tertiary/aromatic N) is 2. The molecule has 0 fully saturated rings. The molecule has 0 rings (SSSR count). The summed E-state index contributed by atoms with van der Waals surface area (Å²) in [5.74, 6) is 0. The van der Waals surface area contributed by atoms with Gasteiger partial charge in [-0.05, 0) is 40.0 Å². The average molecular weight is 711 g/mol. The monoisotopic (exact) mass is 710 g/mol. The van der Waals surface area contributed by atoms with Crippen LogP contribution in [0.25, 0.3) is 0 Å². The molecule has 0 aromatic carbocycles. The maximum atomic E-state index is 11.1. The van der Waals surface area contributed by atoms with Crippen LogP contribution in [0.4, 0.5) is 0 Å². The van der Waals surface area contributed by atoms with E-state index in [0.717, 1.165) is 38.5 Å². The van der Waals surface area contributed by atoms with E-state index in [-0.39, 0.29) is 63.0 Å². The minimum atomic E-state index is -5.58. The Labute approximate surface area is 272 Å². The molecule has 0 aliphatic rings. The van der Waals surface area contributed by atoms with Gasteiger partial charge in [-0.15, -0.1) is 0 Å². The van der Waals surface area contributed by atoms with Crippen molar-refractivity contribution in [1.82, 2.24) is 9.80 Å². The standard InChI is InChI=1S/2C9H23NO7P2.2CH4.Na.H2O/c2*1-3-4-5-7-10(2)8-6-9(11,18(12,13)14)19(15,16)17;;;;/h2*11H,3-8H2,1-2H3,(H2,12,13,14)(H2,15,16,17);2*1H4;;1H2/q;;;;+1;/p-1. The molecule has 0 heterocycles. The summed E-state index contributed by atoms with van der Waals surface area (Å²) in [5, 5.41) is 12.5. The summed E-state index contributed by atoms with van der Waals surface area (Å²) in [7, 11) is -18.3. The third kappa shape index (κ3) is 19.2. The molecule has 17 nitrogen and oxygen atoms in total. The maximum Gasteiger partial charge on any atom is 1.00 e. The molecule has 22 heteroatoms. The first-order valence-electron chi connectivity index (χ1n) is 11.9. The van der Waals surface area contributed by atoms with E-state index in [0.29, 0.717) is 13.1 Å². The second-order valence-corrected chi connectivity index (χ2v) is 17.2. The summed E-state index contributed by atoms with van der Waals surface area (Å²) < 4.78 is 44.3. The minimum Gasteiger partial charge on any atom is -0.776 e. The molecule has 2 unspecified atom stereocenters. The van der Waals surface area contributed by atoms with Gasteiger partial charge in [0, 0.05) is 25.9 Å². The van der Waals surface area contributed by atoms with E-state index in [1.165, 1.54) is 0 Å². The molecule has 0 saturated carbocycles. The summed E-state index contributed by atoms with van der Waals surface area (Å²) in [4.78, 5) is 76.8. The first-order valence-corrected chi connectivity index (χ1v) is 18.3. The Bertz CT molecular complexity index is 764. The number of hydrogen-bond acceptors (Lipinski definition) is 9. The van der Waals surface area contributed by atoms with E-state index in [4.69, 9.17) is 34.3 Å². The third-order valence-electron chi connectivity index (χ3n) is 5.80. The summed E-state index contributed by atoms with van der Waals surface area (Å²) in [6.07, 6.45) is 4.28. The second-order valence-electron chi connectivity index (χ2n) is 9.22. The first kappa shape index (κ1) is 55.8. The molecule has 0 amide bonds. The van der Waals surface area contributed by atoms with Crippen LogP contribution in [0.1, 0.15) is 80.1 Å². The van der Waals surface area contributed by atoms with E-state index >= 15 is 0 Å². The van der Waals surface area contributed by atoms with Gasteiger partial charge in [0.15, 0.2) is 7.60 Å². The molecule has 42 heavy (non-hydrogen) atoms. The largest absolute Gasteiger partial charge is 1.00 e. The van der Waals surface area contributed by atoms with Crippen molar-refractivity contribution >= 4 is 30.4 Å². The molecule has 11 N–H and O–H groups in total. The number of hydrogen-bond donors (Lipinski definition) is 9. The Kier molecular flexibility index (Phi) is 31.4. The molecule has 0 aliphatic heterocycles. The molecule has 0 bridgehead atoms. The van der Waals surface area contributed by atoms with E-state index < -0.39 is 53.4 Å². The van der Waals surface area contributed by atoms with Gasteiger partial charge >= 0.3 is 52.3 Å². The van der Waals surface area contributed by atoms with Gasteiger partial charge in [0.2, 0.25) is 5.08 Å². The Hall–Kier alpha value is 1.40. The molecule has 0 aliphatic carbocycles. The molecule has 0 spiro atoms. The van der Waals surface area contributed by atoms with Gasteiger partial charge in [-0.2, -0.15) is 0 Å². The number of unbranched alkanes of at least 4 members (excludes halogenated alkanes) is 4. The fourth-order valence-electron chi connectivity index (χ4n) is 3.08. The quantitative estimate of drug-likeness (QED) is 0.0415. The molecule has 0 saturated heterocycles. The molecule has 2 atom stereocenters. The topological polar surface area (TPSA) is 311 Å². The van der Waals surface area contributed by atoms with Crippen LogP contribution in [0.2, 0.25) is 0 Å². The van der Waals surface area contributed by atoms with E-state index in [2.05, 4.69) is 0 Å². The molecular formula is C20H55N2NaO15P4. The summed E-state index contributed by atoms with van der Waals surface area (Å²) in [6.45, 7) is 5.22. The predicted octanol–water partition coefficient (Wildman–Crippen LogP) is -2.18. The zero-order valence-electron chi connectivity index (χ0n) is 23.7. The molecule has 0 aromatic heterocycles. The van der Waals surface area contributed by atoms with Crippen LogP contribution < -0.4 is 34.5 Å². The molecular weight excluding hydrogens is 655 g/mol. The van der Waals surface area contributed by atoms with Gasteiger partial charge in [-0.25, -0.2) is 0 Å². The van der Waals surface area contributed by atoms with Gasteiger partial charge in [-0.3, -0.25) is 13.7 Å². The summed E-state index contributed by atoms with van der Waals surface area (Å²) in [6, 6.07) is 0. The van der Waals surface area contributed by atoms with Crippen molar-refractivity contribution in [2.24, 2.45) is 0 Å². The van der Waals surface area contributed by atoms with Crippen molar-refractivity contribution in [1.29, 1.82) is 0 Å². The van der Waals surface area contributed by atoms with Gasteiger partial charge in [0.05, 0.1) is 0 Å². The van der Waals surface area contributed by atoms with Gasteiger partial charge in [0.1, 0.15) is 0 Å². The van der Waals surface area contributed by atoms with Gasteiger partial charge in [-0.1, -0.05) is 54.4 Å². The van der Waals surface area contributed by atoms with Crippen molar-refractivity contribution in [3.63, 3.8) is 0 Å². The van der Waals surface area contributed by atoms with Crippen LogP contribution in [-0.4, -0.2) is 110 Å². The van der Waals surface area contributed by atoms with Crippen LogP contribution in [0.15, 0.2) is 0 Å². The second kappa shape index (κ2) is 23.7. The average Bonchev–Trinajstić information content (AvgIpc) is 2.73. The normalized spacial score (nSPS) is 15.0. The van der Waals surface area contributed by atoms with Crippen LogP contribution in [0, 0.1) is 0 Å². The van der Waals surface area contributed by atoms with Crippen molar-refractivity contribution in [3.05, 3.63) is 0 Å². The Morgan fingerprint density at radius 3 is 1.07 bits per heavy atom. The van der Waals surface area contributed by atoms with Crippen molar-refractivity contribution in [3.8, 4) is 0 Å². The zero-order chi connectivity index (χ0) is 30.6. The van der Waals surface area contributed by atoms with E-state index in [1.807, 2.05) is 13.8 Å². The summed E-state index contributed by atoms with van der Waals surface area (Å²) >= 11 is 0. The zero-order valence-corrected chi connectivity index (χ0v) is 29.3. The number of rotatable bonds is 18. The molecule has 256 valence electrons. The fraction of sp³-hybridized carbons (Fsp3) is 1.00. The van der Waals surface area contributed by atoms with Crippen LogP contribution in [0.5, 0.6) is 0 Å². The Morgan fingerprint density at radius 2 is 0.857 bits per heavy atom. The smallest absolute Gasteiger partial charge is 0.776 e. The van der Waals surface area contributed by atoms with E-state index in [1.54, 1.807) is 23.9 Å². The van der Waals surface area contributed by atoms with Crippen molar-refractivity contribution in [2.75, 3.05) is 40.3 Å². The van der Waals surface area contributed by atoms with Crippen molar-refractivity contribution < 1.29 is 103 Å². The Balaban J connectivity index is -0.000000141. The molecule has 0 radical (unpaired) electrons.